The first kappa shape index (κ1) is 19.2. The fourth-order valence-electron chi connectivity index (χ4n) is 4.83. The van der Waals surface area contributed by atoms with Gasteiger partial charge in [-0.3, -0.25) is 19.9 Å². The molecule has 3 atom stereocenters. The molecule has 28 heavy (non-hydrogen) atoms. The van der Waals surface area contributed by atoms with E-state index in [0.29, 0.717) is 6.54 Å². The van der Waals surface area contributed by atoms with Crippen LogP contribution in [0.4, 0.5) is 10.5 Å². The summed E-state index contributed by atoms with van der Waals surface area (Å²) in [6, 6.07) is 6.03. The second-order valence-electron chi connectivity index (χ2n) is 8.80. The quantitative estimate of drug-likeness (QED) is 0.862. The van der Waals surface area contributed by atoms with E-state index < -0.39 is 0 Å². The monoisotopic (exact) mass is 385 g/mol. The lowest BCUT2D eigenvalue weighted by Gasteiger charge is -2.44. The predicted octanol–water partition coefficient (Wildman–Crippen LogP) is 1.95. The van der Waals surface area contributed by atoms with E-state index in [0.717, 1.165) is 19.5 Å². The van der Waals surface area contributed by atoms with E-state index in [1.165, 1.54) is 21.7 Å². The number of anilines is 1. The van der Waals surface area contributed by atoms with Crippen LogP contribution in [0.3, 0.4) is 0 Å². The van der Waals surface area contributed by atoms with Crippen LogP contribution in [0.2, 0.25) is 0 Å². The van der Waals surface area contributed by atoms with Gasteiger partial charge in [0, 0.05) is 32.4 Å². The highest BCUT2D eigenvalue weighted by molar-refractivity contribution is 6.00. The molecule has 3 aliphatic rings. The van der Waals surface area contributed by atoms with Crippen LogP contribution in [0.25, 0.3) is 0 Å². The lowest BCUT2D eigenvalue weighted by atomic mass is 10.1. The van der Waals surface area contributed by atoms with Crippen molar-refractivity contribution in [2.45, 2.75) is 52.6 Å². The number of fused-ring (bicyclic) bond motifs is 3. The molecule has 0 radical (unpaired) electrons. The van der Waals surface area contributed by atoms with Crippen LogP contribution in [0.15, 0.2) is 18.2 Å². The fraction of sp³-hybridized carbons (Fsp3) is 0.619. The van der Waals surface area contributed by atoms with Crippen LogP contribution >= 0.6 is 0 Å². The zero-order chi connectivity index (χ0) is 20.2. The minimum Gasteiger partial charge on any atom is -0.343 e. The van der Waals surface area contributed by atoms with Gasteiger partial charge in [-0.25, -0.2) is 4.79 Å². The van der Waals surface area contributed by atoms with Crippen LogP contribution in [-0.2, 0) is 4.79 Å². The Hall–Kier alpha value is -2.12. The molecule has 0 spiro atoms. The van der Waals surface area contributed by atoms with Gasteiger partial charge < -0.3 is 9.80 Å². The average molecular weight is 386 g/mol. The molecule has 0 aromatic heterocycles. The van der Waals surface area contributed by atoms with E-state index in [1.54, 1.807) is 11.9 Å². The van der Waals surface area contributed by atoms with Crippen LogP contribution in [0.5, 0.6) is 0 Å². The van der Waals surface area contributed by atoms with E-state index >= 15 is 0 Å². The molecule has 3 saturated heterocycles. The molecule has 152 valence electrons. The van der Waals surface area contributed by atoms with E-state index in [4.69, 9.17) is 0 Å². The number of nitrogens with zero attached hydrogens (tertiary/aromatic N) is 4. The van der Waals surface area contributed by atoms with Gasteiger partial charge in [0.25, 0.3) is 5.91 Å². The zero-order valence-corrected chi connectivity index (χ0v) is 17.5. The normalized spacial score (nSPS) is 28.2. The number of carbonyl (C=O) groups excluding carboxylic acids is 2. The maximum atomic E-state index is 13.3. The molecule has 3 unspecified atom stereocenters. The molecule has 3 aliphatic heterocycles. The summed E-state index contributed by atoms with van der Waals surface area (Å²) in [6.45, 7) is 10.5. The van der Waals surface area contributed by atoms with Crippen LogP contribution < -0.4 is 10.2 Å². The number of benzene rings is 1. The molecular weight excluding hydrogens is 354 g/mol. The average Bonchev–Trinajstić information content (AvgIpc) is 3.02. The summed E-state index contributed by atoms with van der Waals surface area (Å²) >= 11 is 0. The van der Waals surface area contributed by atoms with Crippen molar-refractivity contribution in [2.24, 2.45) is 5.92 Å². The predicted molar refractivity (Wildman–Crippen MR) is 109 cm³/mol. The van der Waals surface area contributed by atoms with Crippen molar-refractivity contribution < 1.29 is 9.59 Å². The Bertz CT molecular complexity index is 775. The summed E-state index contributed by atoms with van der Waals surface area (Å²) in [5.41, 5.74) is 3.63. The zero-order valence-electron chi connectivity index (χ0n) is 17.5. The van der Waals surface area contributed by atoms with E-state index in [2.05, 4.69) is 47.2 Å². The lowest BCUT2D eigenvalue weighted by Crippen LogP contribution is -2.66. The highest BCUT2D eigenvalue weighted by Gasteiger charge is 2.56. The maximum Gasteiger partial charge on any atom is 0.327 e. The number of amides is 3. The van der Waals surface area contributed by atoms with E-state index in [-0.39, 0.29) is 36.4 Å². The summed E-state index contributed by atoms with van der Waals surface area (Å²) < 4.78 is 0. The number of rotatable bonds is 3. The number of carbonyl (C=O) groups is 2. The third-order valence-electron chi connectivity index (χ3n) is 5.96. The molecule has 0 bridgehead atoms. The number of imide groups is 1. The number of likely N-dealkylation sites (N-methyl/N-ethyl adjacent to an activating group) is 1. The molecule has 3 amide bonds. The Morgan fingerprint density at radius 1 is 1.11 bits per heavy atom. The van der Waals surface area contributed by atoms with Crippen molar-refractivity contribution in [3.05, 3.63) is 29.3 Å². The van der Waals surface area contributed by atoms with E-state index in [1.807, 2.05) is 13.8 Å². The Labute approximate surface area is 167 Å². The Kier molecular flexibility index (Phi) is 4.83. The van der Waals surface area contributed by atoms with Gasteiger partial charge in [-0.15, -0.1) is 0 Å². The van der Waals surface area contributed by atoms with Gasteiger partial charge in [0.2, 0.25) is 0 Å². The molecule has 1 N–H and O–H groups in total. The highest BCUT2D eigenvalue weighted by Crippen LogP contribution is 2.33. The molecule has 1 aromatic carbocycles. The third kappa shape index (κ3) is 3.06. The van der Waals surface area contributed by atoms with Gasteiger partial charge in [0.1, 0.15) is 18.5 Å². The molecule has 3 fully saturated rings. The first-order chi connectivity index (χ1) is 13.3. The highest BCUT2D eigenvalue weighted by atomic mass is 16.2. The Morgan fingerprint density at radius 2 is 1.79 bits per heavy atom. The first-order valence-corrected chi connectivity index (χ1v) is 10.2. The molecule has 7 nitrogen and oxygen atoms in total. The molecule has 7 heteroatoms. The number of hydrogen-bond donors (Lipinski definition) is 1. The molecule has 0 aliphatic carbocycles. The van der Waals surface area contributed by atoms with Crippen molar-refractivity contribution >= 4 is 17.6 Å². The van der Waals surface area contributed by atoms with Crippen molar-refractivity contribution in [1.82, 2.24) is 20.0 Å². The topological polar surface area (TPSA) is 59.1 Å². The minimum atomic E-state index is -0.333. The standard InChI is InChI=1S/C21H31N5O2/c1-13(2)12-26-19(27)17-18(23(5)21(26)28)22-20-24(7-6-8-25(17)20)16-10-14(3)9-15(4)11-16/h9-11,13,17-18,20,22H,6-8,12H2,1-5H3. The smallest absolute Gasteiger partial charge is 0.327 e. The lowest BCUT2D eigenvalue weighted by molar-refractivity contribution is -0.139. The van der Waals surface area contributed by atoms with Crippen LogP contribution in [-0.4, -0.2) is 71.8 Å². The second kappa shape index (κ2) is 7.04. The van der Waals surface area contributed by atoms with Gasteiger partial charge >= 0.3 is 6.03 Å². The van der Waals surface area contributed by atoms with Crippen molar-refractivity contribution in [1.29, 1.82) is 0 Å². The molecule has 1 aromatic rings. The summed E-state index contributed by atoms with van der Waals surface area (Å²) in [6.07, 6.45) is 0.617. The second-order valence-corrected chi connectivity index (χ2v) is 8.80. The van der Waals surface area contributed by atoms with Crippen LogP contribution in [0, 0.1) is 19.8 Å². The number of urea groups is 1. The van der Waals surface area contributed by atoms with Crippen LogP contribution in [0.1, 0.15) is 31.4 Å². The molecule has 0 saturated carbocycles. The van der Waals surface area contributed by atoms with Gasteiger partial charge in [-0.1, -0.05) is 19.9 Å². The number of hydrogen-bond acceptors (Lipinski definition) is 5. The summed E-state index contributed by atoms with van der Waals surface area (Å²) in [4.78, 5) is 33.8. The van der Waals surface area contributed by atoms with Gasteiger partial charge in [-0.05, 0) is 49.4 Å². The largest absolute Gasteiger partial charge is 0.343 e. The fourth-order valence-corrected chi connectivity index (χ4v) is 4.83. The minimum absolute atomic E-state index is 0.0703. The maximum absolute atomic E-state index is 13.3. The SMILES string of the molecule is Cc1cc(C)cc(N2CCCN3C4C(=O)N(CC(C)C)C(=O)N(C)C4NC23)c1. The summed E-state index contributed by atoms with van der Waals surface area (Å²) in [5, 5.41) is 3.58. The molecule has 4 rings (SSSR count). The first-order valence-electron chi connectivity index (χ1n) is 10.2. The van der Waals surface area contributed by atoms with Gasteiger partial charge in [0.05, 0.1) is 0 Å². The van der Waals surface area contributed by atoms with Gasteiger partial charge in [0.15, 0.2) is 0 Å². The summed E-state index contributed by atoms with van der Waals surface area (Å²) in [5.74, 6) is 0.176. The molecular formula is C21H31N5O2. The van der Waals surface area contributed by atoms with Crippen molar-refractivity contribution in [2.75, 3.05) is 31.6 Å². The third-order valence-corrected chi connectivity index (χ3v) is 5.96. The van der Waals surface area contributed by atoms with Crippen molar-refractivity contribution in [3.8, 4) is 0 Å². The van der Waals surface area contributed by atoms with E-state index in [9.17, 15) is 9.59 Å². The number of nitrogens with one attached hydrogen (secondary N) is 1. The molecule has 3 heterocycles. The van der Waals surface area contributed by atoms with Crippen molar-refractivity contribution in [3.63, 3.8) is 0 Å². The Morgan fingerprint density at radius 3 is 2.43 bits per heavy atom. The Balaban J connectivity index is 1.66. The summed E-state index contributed by atoms with van der Waals surface area (Å²) in [7, 11) is 1.80. The van der Waals surface area contributed by atoms with Gasteiger partial charge in [-0.2, -0.15) is 0 Å². The number of aryl methyl sites for hydroxylation is 2.